The van der Waals surface area contributed by atoms with Gasteiger partial charge in [-0.15, -0.1) is 0 Å². The molecule has 0 aliphatic carbocycles. The quantitative estimate of drug-likeness (QED) is 0.545. The van der Waals surface area contributed by atoms with Gasteiger partial charge in [0.1, 0.15) is 11.2 Å². The summed E-state index contributed by atoms with van der Waals surface area (Å²) in [4.78, 5) is 37.8. The Labute approximate surface area is 151 Å². The number of imide groups is 1. The van der Waals surface area contributed by atoms with Crippen molar-refractivity contribution in [2.45, 2.75) is 73.0 Å². The monoisotopic (exact) mass is 359 g/mol. The molecule has 25 heavy (non-hydrogen) atoms. The van der Waals surface area contributed by atoms with E-state index in [4.69, 9.17) is 14.2 Å². The van der Waals surface area contributed by atoms with Crippen molar-refractivity contribution in [3.63, 3.8) is 0 Å². The summed E-state index contributed by atoms with van der Waals surface area (Å²) in [5.41, 5.74) is -1.56. The van der Waals surface area contributed by atoms with Gasteiger partial charge in [0.25, 0.3) is 0 Å². The van der Waals surface area contributed by atoms with Crippen molar-refractivity contribution in [1.29, 1.82) is 0 Å². The van der Waals surface area contributed by atoms with Gasteiger partial charge in [-0.2, -0.15) is 0 Å². The lowest BCUT2D eigenvalue weighted by Crippen LogP contribution is -2.47. The number of ether oxygens (including phenoxy) is 3. The molecule has 7 heteroatoms. The second-order valence-electron chi connectivity index (χ2n) is 8.42. The number of carbonyl (C=O) groups is 3. The molecule has 2 amide bonds. The summed E-state index contributed by atoms with van der Waals surface area (Å²) in [6.07, 6.45) is -1.23. The van der Waals surface area contributed by atoms with Gasteiger partial charge in [-0.05, 0) is 53.9 Å². The third-order valence-electron chi connectivity index (χ3n) is 2.92. The van der Waals surface area contributed by atoms with Crippen LogP contribution in [0, 0.1) is 11.8 Å². The van der Waals surface area contributed by atoms with Crippen LogP contribution < -0.4 is 0 Å². The van der Waals surface area contributed by atoms with E-state index < -0.39 is 35.3 Å². The second kappa shape index (κ2) is 9.06. The zero-order chi connectivity index (χ0) is 20.0. The van der Waals surface area contributed by atoms with Gasteiger partial charge in [0, 0.05) is 6.54 Å². The van der Waals surface area contributed by atoms with Crippen molar-refractivity contribution in [1.82, 2.24) is 4.90 Å². The first kappa shape index (κ1) is 23.2. The van der Waals surface area contributed by atoms with Gasteiger partial charge >= 0.3 is 18.2 Å². The molecule has 0 radical (unpaired) electrons. The van der Waals surface area contributed by atoms with E-state index in [0.29, 0.717) is 6.42 Å². The molecule has 0 N–H and O–H groups in total. The Hall–Kier alpha value is -1.79. The van der Waals surface area contributed by atoms with Crippen molar-refractivity contribution in [3.8, 4) is 0 Å². The van der Waals surface area contributed by atoms with Crippen LogP contribution in [0.3, 0.4) is 0 Å². The van der Waals surface area contributed by atoms with Gasteiger partial charge < -0.3 is 14.2 Å². The lowest BCUT2D eigenvalue weighted by atomic mass is 9.97. The Bertz CT molecular complexity index is 445. The number of nitrogens with zero attached hydrogens (tertiary/aromatic N) is 1. The Morgan fingerprint density at radius 1 is 0.880 bits per heavy atom. The predicted octanol–water partition coefficient (Wildman–Crippen LogP) is 3.99. The van der Waals surface area contributed by atoms with Crippen molar-refractivity contribution in [2.24, 2.45) is 11.8 Å². The number of rotatable bonds is 5. The molecule has 0 aliphatic rings. The lowest BCUT2D eigenvalue weighted by molar-refractivity contribution is -0.146. The summed E-state index contributed by atoms with van der Waals surface area (Å²) in [6.45, 7) is 13.9. The fourth-order valence-electron chi connectivity index (χ4n) is 2.06. The molecule has 7 nitrogen and oxygen atoms in total. The summed E-state index contributed by atoms with van der Waals surface area (Å²) in [6, 6.07) is 0. The van der Waals surface area contributed by atoms with Gasteiger partial charge in [-0.25, -0.2) is 14.5 Å². The molecule has 1 unspecified atom stereocenters. The minimum Gasteiger partial charge on any atom is -0.469 e. The van der Waals surface area contributed by atoms with Gasteiger partial charge in [-0.1, -0.05) is 13.8 Å². The molecule has 0 aromatic carbocycles. The smallest absolute Gasteiger partial charge is 0.419 e. The van der Waals surface area contributed by atoms with Gasteiger partial charge in [0.05, 0.1) is 13.0 Å². The maximum Gasteiger partial charge on any atom is 0.419 e. The lowest BCUT2D eigenvalue weighted by Gasteiger charge is -2.30. The molecule has 0 spiro atoms. The van der Waals surface area contributed by atoms with Crippen LogP contribution in [0.5, 0.6) is 0 Å². The molecule has 0 fully saturated rings. The maximum atomic E-state index is 12.5. The highest BCUT2D eigenvalue weighted by atomic mass is 16.6. The van der Waals surface area contributed by atoms with E-state index in [9.17, 15) is 14.4 Å². The van der Waals surface area contributed by atoms with E-state index in [-0.39, 0.29) is 12.5 Å². The summed E-state index contributed by atoms with van der Waals surface area (Å²) in [5.74, 6) is -0.945. The molecule has 1 atom stereocenters. The Morgan fingerprint density at radius 2 is 1.28 bits per heavy atom. The largest absolute Gasteiger partial charge is 0.469 e. The molecule has 146 valence electrons. The highest BCUT2D eigenvalue weighted by Gasteiger charge is 2.35. The fourth-order valence-corrected chi connectivity index (χ4v) is 2.06. The predicted molar refractivity (Wildman–Crippen MR) is 94.1 cm³/mol. The average molecular weight is 359 g/mol. The molecule has 0 aromatic heterocycles. The molecule has 0 saturated heterocycles. The standard InChI is InChI=1S/C18H33NO6/c1-12(2)10-13(14(20)23-9)11-19(15(21)24-17(3,4)5)16(22)25-18(6,7)8/h12-13H,10-11H2,1-9H3. The van der Waals surface area contributed by atoms with Crippen LogP contribution in [0.25, 0.3) is 0 Å². The first-order valence-corrected chi connectivity index (χ1v) is 8.47. The van der Waals surface area contributed by atoms with Crippen LogP contribution in [-0.2, 0) is 19.0 Å². The molecule has 0 aromatic rings. The summed E-state index contributed by atoms with van der Waals surface area (Å²) < 4.78 is 15.4. The molecule has 0 bridgehead atoms. The van der Waals surface area contributed by atoms with Crippen LogP contribution in [0.2, 0.25) is 0 Å². The maximum absolute atomic E-state index is 12.5. The molecular formula is C18H33NO6. The zero-order valence-electron chi connectivity index (χ0n) is 17.0. The molecule has 0 aliphatic heterocycles. The summed E-state index contributed by atoms with van der Waals surface area (Å²) in [5, 5.41) is 0. The third kappa shape index (κ3) is 9.94. The van der Waals surface area contributed by atoms with Gasteiger partial charge in [0.15, 0.2) is 0 Å². The first-order valence-electron chi connectivity index (χ1n) is 8.47. The number of methoxy groups -OCH3 is 1. The van der Waals surface area contributed by atoms with E-state index in [1.54, 1.807) is 41.5 Å². The molecule has 0 saturated carbocycles. The third-order valence-corrected chi connectivity index (χ3v) is 2.92. The molecule has 0 heterocycles. The topological polar surface area (TPSA) is 82.1 Å². The fraction of sp³-hybridized carbons (Fsp3) is 0.833. The zero-order valence-corrected chi connectivity index (χ0v) is 17.0. The first-order chi connectivity index (χ1) is 11.2. The minimum absolute atomic E-state index is 0.158. The number of esters is 1. The molecular weight excluding hydrogens is 326 g/mol. The van der Waals surface area contributed by atoms with Crippen LogP contribution in [0.4, 0.5) is 9.59 Å². The van der Waals surface area contributed by atoms with Crippen LogP contribution in [0.1, 0.15) is 61.8 Å². The number of hydrogen-bond donors (Lipinski definition) is 0. The summed E-state index contributed by atoms with van der Waals surface area (Å²) in [7, 11) is 1.28. The SMILES string of the molecule is COC(=O)C(CC(C)C)CN(C(=O)OC(C)(C)C)C(=O)OC(C)(C)C. The van der Waals surface area contributed by atoms with Crippen LogP contribution >= 0.6 is 0 Å². The Balaban J connectivity index is 5.50. The van der Waals surface area contributed by atoms with E-state index in [1.807, 2.05) is 13.8 Å². The normalized spacial score (nSPS) is 13.2. The number of hydrogen-bond acceptors (Lipinski definition) is 6. The van der Waals surface area contributed by atoms with Gasteiger partial charge in [0.2, 0.25) is 0 Å². The Kier molecular flexibility index (Phi) is 8.41. The van der Waals surface area contributed by atoms with Crippen molar-refractivity contribution >= 4 is 18.2 Å². The number of amides is 2. The highest BCUT2D eigenvalue weighted by molar-refractivity contribution is 5.89. The Morgan fingerprint density at radius 3 is 1.56 bits per heavy atom. The highest BCUT2D eigenvalue weighted by Crippen LogP contribution is 2.20. The van der Waals surface area contributed by atoms with Crippen molar-refractivity contribution < 1.29 is 28.6 Å². The average Bonchev–Trinajstić information content (AvgIpc) is 2.37. The minimum atomic E-state index is -0.848. The van der Waals surface area contributed by atoms with E-state index in [1.165, 1.54) is 7.11 Å². The second-order valence-corrected chi connectivity index (χ2v) is 8.42. The van der Waals surface area contributed by atoms with Gasteiger partial charge in [-0.3, -0.25) is 4.79 Å². The van der Waals surface area contributed by atoms with Crippen LogP contribution in [-0.4, -0.2) is 47.9 Å². The molecule has 0 rings (SSSR count). The van der Waals surface area contributed by atoms with E-state index >= 15 is 0 Å². The van der Waals surface area contributed by atoms with E-state index in [0.717, 1.165) is 4.90 Å². The van der Waals surface area contributed by atoms with Crippen molar-refractivity contribution in [2.75, 3.05) is 13.7 Å². The van der Waals surface area contributed by atoms with Crippen LogP contribution in [0.15, 0.2) is 0 Å². The summed E-state index contributed by atoms with van der Waals surface area (Å²) >= 11 is 0. The van der Waals surface area contributed by atoms with E-state index in [2.05, 4.69) is 0 Å². The van der Waals surface area contributed by atoms with Crippen molar-refractivity contribution in [3.05, 3.63) is 0 Å². The number of carbonyl (C=O) groups excluding carboxylic acids is 3.